The van der Waals surface area contributed by atoms with E-state index in [9.17, 15) is 14.4 Å². The fraction of sp³-hybridized carbons (Fsp3) is 0.500. The number of rotatable bonds is 6. The number of aldehydes is 1. The molecule has 0 radical (unpaired) electrons. The smallest absolute Gasteiger partial charge is 0.338 e. The molecular formula is C8H12N2O3. The van der Waals surface area contributed by atoms with E-state index in [0.29, 0.717) is 25.7 Å². The largest absolute Gasteiger partial charge is 0.350 e. The van der Waals surface area contributed by atoms with E-state index in [4.69, 9.17) is 0 Å². The quantitative estimate of drug-likeness (QED) is 0.369. The van der Waals surface area contributed by atoms with Crippen molar-refractivity contribution in [2.24, 2.45) is 10.7 Å². The molecule has 0 heterocycles. The molecule has 0 unspecified atom stereocenters. The van der Waals surface area contributed by atoms with Crippen LogP contribution in [0.3, 0.4) is 0 Å². The number of hydrogen-bond donors (Lipinski definition) is 1. The Bertz CT molecular complexity index is 223. The Kier molecular flexibility index (Phi) is 6.31. The van der Waals surface area contributed by atoms with Crippen molar-refractivity contribution in [3.63, 3.8) is 0 Å². The third kappa shape index (κ3) is 8.39. The molecule has 0 aliphatic heterocycles. The Morgan fingerprint density at radius 1 is 1.31 bits per heavy atom. The van der Waals surface area contributed by atoms with Gasteiger partial charge in [0, 0.05) is 12.8 Å². The number of unbranched alkanes of at least 4 members (excludes halogenated alkanes) is 2. The van der Waals surface area contributed by atoms with Crippen LogP contribution in [0.25, 0.3) is 0 Å². The monoisotopic (exact) mass is 184 g/mol. The molecular weight excluding hydrogens is 172 g/mol. The number of urea groups is 1. The maximum atomic E-state index is 10.9. The minimum absolute atomic E-state index is 0.246. The maximum absolute atomic E-state index is 10.9. The van der Waals surface area contributed by atoms with Crippen molar-refractivity contribution in [3.8, 4) is 0 Å². The number of carbonyl (C=O) groups excluding carboxylic acids is 3. The predicted octanol–water partition coefficient (Wildman–Crippen LogP) is 0.464. The van der Waals surface area contributed by atoms with Gasteiger partial charge in [0.15, 0.2) is 5.78 Å². The van der Waals surface area contributed by atoms with Gasteiger partial charge in [0.1, 0.15) is 6.29 Å². The lowest BCUT2D eigenvalue weighted by Crippen LogP contribution is -2.07. The van der Waals surface area contributed by atoms with E-state index < -0.39 is 6.03 Å². The summed E-state index contributed by atoms with van der Waals surface area (Å²) in [5.74, 6) is -0.246. The molecule has 0 aromatic carbocycles. The molecule has 5 heteroatoms. The van der Waals surface area contributed by atoms with Gasteiger partial charge in [-0.25, -0.2) is 4.79 Å². The number of hydrogen-bond acceptors (Lipinski definition) is 3. The molecule has 2 N–H and O–H groups in total. The summed E-state index contributed by atoms with van der Waals surface area (Å²) >= 11 is 0. The van der Waals surface area contributed by atoms with Gasteiger partial charge in [-0.15, -0.1) is 0 Å². The van der Waals surface area contributed by atoms with Crippen molar-refractivity contribution in [2.75, 3.05) is 0 Å². The first kappa shape index (κ1) is 11.5. The van der Waals surface area contributed by atoms with Crippen LogP contribution in [0.1, 0.15) is 25.7 Å². The Morgan fingerprint density at radius 3 is 2.54 bits per heavy atom. The van der Waals surface area contributed by atoms with Gasteiger partial charge in [0.2, 0.25) is 0 Å². The molecule has 0 aromatic rings. The summed E-state index contributed by atoms with van der Waals surface area (Å²) in [6.45, 7) is 0. The molecule has 72 valence electrons. The molecule has 0 spiro atoms. The van der Waals surface area contributed by atoms with Gasteiger partial charge in [-0.3, -0.25) is 4.79 Å². The van der Waals surface area contributed by atoms with Crippen LogP contribution in [0.2, 0.25) is 0 Å². The number of Topliss-reactive ketones (excluding diaryl/α,β-unsaturated/α-hetero) is 1. The summed E-state index contributed by atoms with van der Waals surface area (Å²) < 4.78 is 0. The number of carbonyl (C=O) groups is 3. The van der Waals surface area contributed by atoms with Gasteiger partial charge in [-0.1, -0.05) is 0 Å². The molecule has 5 nitrogen and oxygen atoms in total. The zero-order chi connectivity index (χ0) is 10.1. The number of nitrogens with two attached hydrogens (primary N) is 1. The van der Waals surface area contributed by atoms with E-state index in [1.807, 2.05) is 0 Å². The zero-order valence-corrected chi connectivity index (χ0v) is 7.23. The molecule has 0 aromatic heterocycles. The van der Waals surface area contributed by atoms with Crippen molar-refractivity contribution in [3.05, 3.63) is 0 Å². The first-order valence-corrected chi connectivity index (χ1v) is 3.96. The third-order valence-corrected chi connectivity index (χ3v) is 1.33. The van der Waals surface area contributed by atoms with E-state index in [1.54, 1.807) is 0 Å². The van der Waals surface area contributed by atoms with E-state index in [-0.39, 0.29) is 5.78 Å². The van der Waals surface area contributed by atoms with E-state index in [0.717, 1.165) is 12.5 Å². The minimum atomic E-state index is -0.874. The van der Waals surface area contributed by atoms with Gasteiger partial charge in [-0.2, -0.15) is 4.99 Å². The summed E-state index contributed by atoms with van der Waals surface area (Å²) in [4.78, 5) is 34.0. The van der Waals surface area contributed by atoms with Crippen LogP contribution in [0.5, 0.6) is 0 Å². The molecule has 0 rings (SSSR count). The zero-order valence-electron chi connectivity index (χ0n) is 7.23. The Morgan fingerprint density at radius 2 is 2.00 bits per heavy atom. The van der Waals surface area contributed by atoms with Gasteiger partial charge in [-0.05, 0) is 12.8 Å². The van der Waals surface area contributed by atoms with Crippen molar-refractivity contribution in [1.29, 1.82) is 0 Å². The standard InChI is InChI=1S/C8H12N2O3/c9-8(13)10-6-7(12)4-2-1-3-5-11/h5-6H,1-4H2,(H2,9,13). The molecule has 2 amide bonds. The third-order valence-electron chi connectivity index (χ3n) is 1.33. The second-order valence-electron chi connectivity index (χ2n) is 2.48. The lowest BCUT2D eigenvalue weighted by molar-refractivity contribution is -0.113. The minimum Gasteiger partial charge on any atom is -0.350 e. The predicted molar refractivity (Wildman–Crippen MR) is 47.6 cm³/mol. The van der Waals surface area contributed by atoms with E-state index in [1.165, 1.54) is 0 Å². The van der Waals surface area contributed by atoms with Crippen LogP contribution in [0, 0.1) is 0 Å². The van der Waals surface area contributed by atoms with Gasteiger partial charge >= 0.3 is 6.03 Å². The first-order chi connectivity index (χ1) is 6.16. The molecule has 0 aliphatic carbocycles. The SMILES string of the molecule is NC(=O)N=CC(=O)CCCCC=O. The van der Waals surface area contributed by atoms with Crippen molar-refractivity contribution in [2.45, 2.75) is 25.7 Å². The molecule has 0 fully saturated rings. The average molecular weight is 184 g/mol. The summed E-state index contributed by atoms with van der Waals surface area (Å²) in [5, 5.41) is 0. The Hall–Kier alpha value is -1.52. The van der Waals surface area contributed by atoms with Crippen LogP contribution in [0.4, 0.5) is 4.79 Å². The highest BCUT2D eigenvalue weighted by atomic mass is 16.2. The van der Waals surface area contributed by atoms with Crippen LogP contribution in [-0.4, -0.2) is 24.3 Å². The number of ketones is 1. The van der Waals surface area contributed by atoms with E-state index >= 15 is 0 Å². The van der Waals surface area contributed by atoms with Crippen LogP contribution in [-0.2, 0) is 9.59 Å². The maximum Gasteiger partial charge on any atom is 0.338 e. The summed E-state index contributed by atoms with van der Waals surface area (Å²) in [6, 6.07) is -0.874. The van der Waals surface area contributed by atoms with Crippen molar-refractivity contribution < 1.29 is 14.4 Å². The normalized spacial score (nSPS) is 10.2. The number of primary amides is 1. The molecule has 0 bridgehead atoms. The highest BCUT2D eigenvalue weighted by Gasteiger charge is 1.97. The Balaban J connectivity index is 3.51. The topological polar surface area (TPSA) is 89.6 Å². The van der Waals surface area contributed by atoms with Crippen molar-refractivity contribution in [1.82, 2.24) is 0 Å². The second-order valence-corrected chi connectivity index (χ2v) is 2.48. The fourth-order valence-electron chi connectivity index (χ4n) is 0.727. The lowest BCUT2D eigenvalue weighted by Gasteiger charge is -1.92. The average Bonchev–Trinajstić information content (AvgIpc) is 2.09. The van der Waals surface area contributed by atoms with Crippen molar-refractivity contribution >= 4 is 24.3 Å². The highest BCUT2D eigenvalue weighted by Crippen LogP contribution is 1.97. The molecule has 0 aliphatic rings. The van der Waals surface area contributed by atoms with Gasteiger partial charge in [0.25, 0.3) is 0 Å². The van der Waals surface area contributed by atoms with E-state index in [2.05, 4.69) is 10.7 Å². The second kappa shape index (κ2) is 7.15. The van der Waals surface area contributed by atoms with Crippen LogP contribution in [0.15, 0.2) is 4.99 Å². The Labute approximate surface area is 76.0 Å². The lowest BCUT2D eigenvalue weighted by atomic mass is 10.1. The molecule has 13 heavy (non-hydrogen) atoms. The highest BCUT2D eigenvalue weighted by molar-refractivity contribution is 6.29. The molecule has 0 saturated carbocycles. The number of nitrogens with zero attached hydrogens (tertiary/aromatic N) is 1. The van der Waals surface area contributed by atoms with Crippen LogP contribution >= 0.6 is 0 Å². The summed E-state index contributed by atoms with van der Waals surface area (Å²) in [5.41, 5.74) is 4.68. The first-order valence-electron chi connectivity index (χ1n) is 3.96. The molecule has 0 saturated heterocycles. The van der Waals surface area contributed by atoms with Gasteiger partial charge < -0.3 is 10.5 Å². The van der Waals surface area contributed by atoms with Gasteiger partial charge in [0.05, 0.1) is 6.21 Å². The fourth-order valence-corrected chi connectivity index (χ4v) is 0.727. The number of aliphatic imine (C=N–C) groups is 1. The molecule has 0 atom stereocenters. The number of amides is 2. The summed E-state index contributed by atoms with van der Waals surface area (Å²) in [6.07, 6.45) is 3.79. The van der Waals surface area contributed by atoms with Crippen LogP contribution < -0.4 is 5.73 Å². The summed E-state index contributed by atoms with van der Waals surface area (Å²) in [7, 11) is 0.